The summed E-state index contributed by atoms with van der Waals surface area (Å²) in [5.74, 6) is -0.0902. The van der Waals surface area contributed by atoms with Gasteiger partial charge in [-0.1, -0.05) is 39.8 Å². The fourth-order valence-corrected chi connectivity index (χ4v) is 5.05. The second-order valence-corrected chi connectivity index (χ2v) is 11.1. The molecule has 0 aliphatic carbocycles. The van der Waals surface area contributed by atoms with E-state index in [1.165, 1.54) is 23.9 Å². The number of aromatic amines is 1. The number of nitrogens with one attached hydrogen (secondary N) is 3. The number of amides is 1. The van der Waals surface area contributed by atoms with E-state index in [-0.39, 0.29) is 22.0 Å². The first-order valence-corrected chi connectivity index (χ1v) is 13.8. The Morgan fingerprint density at radius 1 is 1.20 bits per heavy atom. The summed E-state index contributed by atoms with van der Waals surface area (Å²) in [6.07, 6.45) is 0.536. The summed E-state index contributed by atoms with van der Waals surface area (Å²) in [5.41, 5.74) is 3.02. The van der Waals surface area contributed by atoms with Crippen molar-refractivity contribution in [1.82, 2.24) is 25.1 Å². The zero-order valence-electron chi connectivity index (χ0n) is 18.6. The Hall–Kier alpha value is -3.00. The average molecular weight is 577 g/mol. The molecular weight excluding hydrogens is 554 g/mol. The van der Waals surface area contributed by atoms with Crippen molar-refractivity contribution in [2.75, 3.05) is 12.3 Å². The molecule has 0 bridgehead atoms. The minimum Gasteiger partial charge on any atom is -0.355 e. The molecule has 4 rings (SSSR count). The molecule has 35 heavy (non-hydrogen) atoms. The molecule has 2 aromatic heterocycles. The van der Waals surface area contributed by atoms with Crippen molar-refractivity contribution in [1.29, 1.82) is 5.41 Å². The number of carbonyl (C=O) groups excluding carboxylic acids is 1. The van der Waals surface area contributed by atoms with Crippen molar-refractivity contribution in [3.8, 4) is 5.69 Å². The number of nitrogens with zero attached hydrogens (tertiary/aromatic N) is 3. The quantitative estimate of drug-likeness (QED) is 0.186. The molecule has 0 aliphatic rings. The topological polar surface area (TPSA) is 160 Å². The van der Waals surface area contributed by atoms with Crippen LogP contribution < -0.4 is 15.9 Å². The van der Waals surface area contributed by atoms with Crippen LogP contribution >= 0.6 is 27.7 Å². The van der Waals surface area contributed by atoms with Crippen molar-refractivity contribution < 1.29 is 13.2 Å². The van der Waals surface area contributed by atoms with Crippen molar-refractivity contribution in [3.05, 3.63) is 69.7 Å². The Labute approximate surface area is 214 Å². The molecule has 0 saturated heterocycles. The van der Waals surface area contributed by atoms with Crippen molar-refractivity contribution in [2.45, 2.75) is 23.4 Å². The molecule has 0 spiro atoms. The Bertz CT molecular complexity index is 1550. The van der Waals surface area contributed by atoms with Gasteiger partial charge in [0.25, 0.3) is 0 Å². The standard InChI is InChI=1S/C22H22BrN7O3S2/c1-13-19-20(24)30(16-6-4-15(23)5-7-16)22(27-21(19)29-28-13)34-12-18(31)26-11-10-14-2-8-17(9-3-14)35(25,32)33/h2-9,24H,10-12H2,1H3,(H,26,31)(H,28,29)(H2,25,32,33). The first-order valence-electron chi connectivity index (χ1n) is 10.4. The van der Waals surface area contributed by atoms with Crippen LogP contribution in [0.3, 0.4) is 0 Å². The minimum atomic E-state index is -3.73. The molecule has 0 atom stereocenters. The van der Waals surface area contributed by atoms with E-state index in [0.717, 1.165) is 21.4 Å². The number of rotatable bonds is 8. The Morgan fingerprint density at radius 3 is 2.54 bits per heavy atom. The van der Waals surface area contributed by atoms with Gasteiger partial charge in [0, 0.05) is 22.4 Å². The van der Waals surface area contributed by atoms with Crippen LogP contribution in [0.5, 0.6) is 0 Å². The number of benzene rings is 2. The molecule has 182 valence electrons. The monoisotopic (exact) mass is 575 g/mol. The third-order valence-corrected chi connectivity index (χ3v) is 7.58. The van der Waals surface area contributed by atoms with Gasteiger partial charge >= 0.3 is 0 Å². The largest absolute Gasteiger partial charge is 0.355 e. The predicted octanol–water partition coefficient (Wildman–Crippen LogP) is 2.40. The van der Waals surface area contributed by atoms with Crippen LogP contribution in [0, 0.1) is 12.3 Å². The summed E-state index contributed by atoms with van der Waals surface area (Å²) in [6, 6.07) is 13.7. The minimum absolute atomic E-state index is 0.0473. The highest BCUT2D eigenvalue weighted by atomic mass is 79.9. The summed E-state index contributed by atoms with van der Waals surface area (Å²) in [4.78, 5) is 17.1. The van der Waals surface area contributed by atoms with E-state index in [1.54, 1.807) is 16.7 Å². The number of hydrogen-bond donors (Lipinski definition) is 4. The number of nitrogens with two attached hydrogens (primary N) is 1. The number of aromatic nitrogens is 4. The summed E-state index contributed by atoms with van der Waals surface area (Å²) in [5, 5.41) is 24.9. The van der Waals surface area contributed by atoms with E-state index >= 15 is 0 Å². The fraction of sp³-hybridized carbons (Fsp3) is 0.182. The highest BCUT2D eigenvalue weighted by Crippen LogP contribution is 2.22. The van der Waals surface area contributed by atoms with E-state index in [1.807, 2.05) is 31.2 Å². The van der Waals surface area contributed by atoms with Crippen molar-refractivity contribution in [2.24, 2.45) is 5.14 Å². The maximum atomic E-state index is 12.5. The fourth-order valence-electron chi connectivity index (χ4n) is 3.43. The first-order chi connectivity index (χ1) is 16.6. The highest BCUT2D eigenvalue weighted by molar-refractivity contribution is 9.10. The SMILES string of the molecule is Cc1[nH]nc2nc(SCC(=O)NCCc3ccc(S(N)(=O)=O)cc3)n(-c3ccc(Br)cc3)c(=N)c12. The highest BCUT2D eigenvalue weighted by Gasteiger charge is 2.16. The molecule has 4 aromatic rings. The van der Waals surface area contributed by atoms with Crippen LogP contribution in [-0.4, -0.2) is 46.4 Å². The lowest BCUT2D eigenvalue weighted by atomic mass is 10.1. The maximum Gasteiger partial charge on any atom is 0.238 e. The van der Waals surface area contributed by atoms with Gasteiger partial charge in [-0.3, -0.25) is 19.9 Å². The molecule has 2 heterocycles. The molecule has 0 radical (unpaired) electrons. The van der Waals surface area contributed by atoms with E-state index in [0.29, 0.717) is 29.2 Å². The lowest BCUT2D eigenvalue weighted by Gasteiger charge is -2.13. The predicted molar refractivity (Wildman–Crippen MR) is 137 cm³/mol. The number of aryl methyl sites for hydroxylation is 1. The summed E-state index contributed by atoms with van der Waals surface area (Å²) < 4.78 is 25.3. The second kappa shape index (κ2) is 10.3. The Balaban J connectivity index is 1.45. The van der Waals surface area contributed by atoms with Crippen LogP contribution in [0.2, 0.25) is 0 Å². The third kappa shape index (κ3) is 5.81. The molecule has 0 unspecified atom stereocenters. The maximum absolute atomic E-state index is 12.5. The van der Waals surface area contributed by atoms with E-state index in [4.69, 9.17) is 10.5 Å². The Morgan fingerprint density at radius 2 is 1.89 bits per heavy atom. The van der Waals surface area contributed by atoms with Crippen molar-refractivity contribution in [3.63, 3.8) is 0 Å². The number of thioether (sulfide) groups is 1. The van der Waals surface area contributed by atoms with Crippen LogP contribution in [0.25, 0.3) is 16.7 Å². The van der Waals surface area contributed by atoms with Gasteiger partial charge in [-0.05, 0) is 55.3 Å². The normalized spacial score (nSPS) is 11.6. The van der Waals surface area contributed by atoms with Crippen molar-refractivity contribution >= 4 is 54.7 Å². The number of fused-ring (bicyclic) bond motifs is 1. The van der Waals surface area contributed by atoms with Gasteiger partial charge in [0.15, 0.2) is 10.8 Å². The van der Waals surface area contributed by atoms with Crippen LogP contribution in [0.4, 0.5) is 0 Å². The zero-order valence-corrected chi connectivity index (χ0v) is 21.8. The summed E-state index contributed by atoms with van der Waals surface area (Å²) in [6.45, 7) is 2.22. The molecule has 0 aliphatic heterocycles. The van der Waals surface area contributed by atoms with Crippen LogP contribution in [0.15, 0.2) is 63.1 Å². The van der Waals surface area contributed by atoms with E-state index in [2.05, 4.69) is 36.4 Å². The molecule has 1 amide bonds. The average Bonchev–Trinajstić information content (AvgIpc) is 3.19. The second-order valence-electron chi connectivity index (χ2n) is 7.68. The molecule has 0 fully saturated rings. The molecule has 5 N–H and O–H groups in total. The van der Waals surface area contributed by atoms with Gasteiger partial charge in [-0.15, -0.1) is 0 Å². The Kier molecular flexibility index (Phi) is 7.40. The van der Waals surface area contributed by atoms with Gasteiger partial charge in [0.2, 0.25) is 15.9 Å². The number of sulfonamides is 1. The number of carbonyl (C=O) groups is 1. The molecule has 13 heteroatoms. The smallest absolute Gasteiger partial charge is 0.238 e. The molecule has 0 saturated carbocycles. The zero-order chi connectivity index (χ0) is 25.2. The first kappa shape index (κ1) is 25.1. The van der Waals surface area contributed by atoms with Gasteiger partial charge in [-0.25, -0.2) is 18.5 Å². The van der Waals surface area contributed by atoms with Gasteiger partial charge in [0.05, 0.1) is 16.0 Å². The van der Waals surface area contributed by atoms with Crippen LogP contribution in [0.1, 0.15) is 11.3 Å². The van der Waals surface area contributed by atoms with Crippen LogP contribution in [-0.2, 0) is 21.2 Å². The van der Waals surface area contributed by atoms with Gasteiger partial charge in [0.1, 0.15) is 5.49 Å². The number of halogens is 1. The van der Waals surface area contributed by atoms with E-state index < -0.39 is 10.0 Å². The number of hydrogen-bond acceptors (Lipinski definition) is 7. The van der Waals surface area contributed by atoms with E-state index in [9.17, 15) is 13.2 Å². The lowest BCUT2D eigenvalue weighted by molar-refractivity contribution is -0.118. The lowest BCUT2D eigenvalue weighted by Crippen LogP contribution is -2.28. The van der Waals surface area contributed by atoms with Gasteiger partial charge < -0.3 is 5.32 Å². The third-order valence-electron chi connectivity index (χ3n) is 5.19. The molecular formula is C22H22BrN7O3S2. The summed E-state index contributed by atoms with van der Waals surface area (Å²) in [7, 11) is -3.73. The molecule has 10 nitrogen and oxygen atoms in total. The number of primary sulfonamides is 1. The summed E-state index contributed by atoms with van der Waals surface area (Å²) >= 11 is 4.64. The number of H-pyrrole nitrogens is 1. The van der Waals surface area contributed by atoms with Gasteiger partial charge in [-0.2, -0.15) is 5.10 Å². The molecule has 2 aromatic carbocycles.